The molecular weight excluding hydrogens is 233 g/mol. The van der Waals surface area contributed by atoms with E-state index in [1.165, 1.54) is 10.9 Å². The first kappa shape index (κ1) is 12.3. The minimum absolute atomic E-state index is 0.0626. The van der Waals surface area contributed by atoms with E-state index in [2.05, 4.69) is 69.0 Å². The summed E-state index contributed by atoms with van der Waals surface area (Å²) >= 11 is 0. The molecule has 3 rings (SSSR count). The van der Waals surface area contributed by atoms with Crippen molar-refractivity contribution in [1.82, 2.24) is 14.4 Å². The average molecular weight is 248 g/mol. The fourth-order valence-electron chi connectivity index (χ4n) is 2.51. The minimum atomic E-state index is 0.0626. The summed E-state index contributed by atoms with van der Waals surface area (Å²) in [5.74, 6) is 0. The van der Waals surface area contributed by atoms with Gasteiger partial charge in [-0.1, -0.05) is 0 Å². The predicted octanol–water partition coefficient (Wildman–Crippen LogP) is -0.546. The molecule has 0 spiro atoms. The number of aromatic nitrogens is 1. The van der Waals surface area contributed by atoms with Gasteiger partial charge in [0, 0.05) is 0 Å². The molecule has 0 radical (unpaired) electrons. The SMILES string of the molecule is CN1B(c2ccccc2)N=BNB1c1ccn(C)c1. The maximum absolute atomic E-state index is 4.55. The van der Waals surface area contributed by atoms with Crippen molar-refractivity contribution in [2.75, 3.05) is 7.05 Å². The molecule has 0 bridgehead atoms. The van der Waals surface area contributed by atoms with Crippen LogP contribution in [0.1, 0.15) is 0 Å². The molecule has 0 fully saturated rings. The molecule has 0 atom stereocenters. The number of aryl methyl sites for hydroxylation is 1. The van der Waals surface area contributed by atoms with Crippen molar-refractivity contribution in [2.24, 2.45) is 11.9 Å². The Morgan fingerprint density at radius 2 is 1.89 bits per heavy atom. The monoisotopic (exact) mass is 248 g/mol. The Labute approximate surface area is 115 Å². The van der Waals surface area contributed by atoms with Gasteiger partial charge in [-0.2, -0.15) is 0 Å². The van der Waals surface area contributed by atoms with Gasteiger partial charge in [0.05, 0.1) is 0 Å². The third-order valence-electron chi connectivity index (χ3n) is 3.51. The fraction of sp³-hybridized carbons (Fsp3) is 0.167. The van der Waals surface area contributed by atoms with E-state index in [1.807, 2.05) is 20.3 Å². The van der Waals surface area contributed by atoms with Crippen LogP contribution in [0.2, 0.25) is 0 Å². The molecule has 19 heavy (non-hydrogen) atoms. The van der Waals surface area contributed by atoms with Crippen LogP contribution >= 0.6 is 0 Å². The Hall–Kier alpha value is -1.75. The number of nitrogens with zero attached hydrogens (tertiary/aromatic N) is 3. The molecule has 7 heteroatoms. The number of rotatable bonds is 2. The predicted molar refractivity (Wildman–Crippen MR) is 81.7 cm³/mol. The van der Waals surface area contributed by atoms with E-state index in [9.17, 15) is 0 Å². The van der Waals surface area contributed by atoms with Gasteiger partial charge in [-0.15, -0.1) is 0 Å². The zero-order chi connectivity index (χ0) is 13.2. The molecule has 1 aliphatic heterocycles. The number of hydrogen-bond donors (Lipinski definition) is 1. The van der Waals surface area contributed by atoms with Gasteiger partial charge in [0.25, 0.3) is 0 Å². The van der Waals surface area contributed by atoms with Gasteiger partial charge in [-0.05, 0) is 0 Å². The standard InChI is InChI=1S/C12H15B3N4/c1-18-9-8-12(10-18)15-17-13-16-14(19(15)2)11-6-4-3-5-7-11/h3-10,17H,1-2H3. The van der Waals surface area contributed by atoms with Crippen molar-refractivity contribution in [1.29, 1.82) is 0 Å². The third kappa shape index (κ3) is 2.38. The molecule has 4 nitrogen and oxygen atoms in total. The second-order valence-corrected chi connectivity index (χ2v) is 4.91. The van der Waals surface area contributed by atoms with Gasteiger partial charge >= 0.3 is 114 Å². The first-order valence-corrected chi connectivity index (χ1v) is 6.42. The summed E-state index contributed by atoms with van der Waals surface area (Å²) in [4.78, 5) is 4.55. The van der Waals surface area contributed by atoms with Crippen molar-refractivity contribution < 1.29 is 0 Å². The van der Waals surface area contributed by atoms with Crippen LogP contribution in [0.25, 0.3) is 0 Å². The summed E-state index contributed by atoms with van der Waals surface area (Å²) in [7, 11) is 5.95. The first-order chi connectivity index (χ1) is 9.25. The molecule has 92 valence electrons. The Morgan fingerprint density at radius 3 is 2.58 bits per heavy atom. The van der Waals surface area contributed by atoms with E-state index < -0.39 is 0 Å². The molecule has 0 unspecified atom stereocenters. The van der Waals surface area contributed by atoms with Crippen molar-refractivity contribution >= 4 is 32.1 Å². The molecule has 2 aromatic rings. The summed E-state index contributed by atoms with van der Waals surface area (Å²) in [5.41, 5.74) is 2.46. The summed E-state index contributed by atoms with van der Waals surface area (Å²) in [6.07, 6.45) is 4.20. The van der Waals surface area contributed by atoms with Crippen LogP contribution in [-0.2, 0) is 7.05 Å². The molecule has 0 aliphatic carbocycles. The van der Waals surface area contributed by atoms with Crippen molar-refractivity contribution in [3.05, 3.63) is 48.8 Å². The van der Waals surface area contributed by atoms with Crippen LogP contribution in [-0.4, -0.2) is 37.5 Å². The molecule has 1 aliphatic rings. The molecule has 0 amide bonds. The molecule has 2 heterocycles. The Bertz CT molecular complexity index is 584. The van der Waals surface area contributed by atoms with E-state index in [-0.39, 0.29) is 14.0 Å². The number of benzene rings is 1. The van der Waals surface area contributed by atoms with Gasteiger partial charge < -0.3 is 0 Å². The molecule has 1 aromatic heterocycles. The van der Waals surface area contributed by atoms with Crippen molar-refractivity contribution in [2.45, 2.75) is 0 Å². The molecule has 0 saturated heterocycles. The Balaban J connectivity index is 1.89. The van der Waals surface area contributed by atoms with Gasteiger partial charge in [0.2, 0.25) is 0 Å². The molecule has 1 N–H and O–H groups in total. The van der Waals surface area contributed by atoms with Gasteiger partial charge in [-0.3, -0.25) is 0 Å². The molecular formula is C12H15B3N4. The summed E-state index contributed by atoms with van der Waals surface area (Å²) in [6, 6.07) is 12.5. The van der Waals surface area contributed by atoms with E-state index in [1.54, 1.807) is 0 Å². The topological polar surface area (TPSA) is 32.6 Å². The van der Waals surface area contributed by atoms with E-state index in [4.69, 9.17) is 0 Å². The second kappa shape index (κ2) is 5.09. The van der Waals surface area contributed by atoms with Crippen LogP contribution in [0.5, 0.6) is 0 Å². The number of hydrogen-bond acceptors (Lipinski definition) is 3. The van der Waals surface area contributed by atoms with E-state index in [0.29, 0.717) is 0 Å². The quantitative estimate of drug-likeness (QED) is 0.723. The number of nitrogens with one attached hydrogen (secondary N) is 1. The Morgan fingerprint density at radius 1 is 1.11 bits per heavy atom. The Kier molecular flexibility index (Phi) is 3.30. The van der Waals surface area contributed by atoms with Crippen LogP contribution in [0.15, 0.2) is 53.6 Å². The van der Waals surface area contributed by atoms with Crippen LogP contribution < -0.4 is 16.1 Å². The van der Waals surface area contributed by atoms with E-state index >= 15 is 0 Å². The van der Waals surface area contributed by atoms with E-state index in [0.717, 1.165) is 0 Å². The maximum atomic E-state index is 4.55. The van der Waals surface area contributed by atoms with Crippen LogP contribution in [0.4, 0.5) is 0 Å². The van der Waals surface area contributed by atoms with Gasteiger partial charge in [-0.25, -0.2) is 0 Å². The average Bonchev–Trinajstić information content (AvgIpc) is 2.86. The van der Waals surface area contributed by atoms with Gasteiger partial charge in [0.15, 0.2) is 0 Å². The third-order valence-corrected chi connectivity index (χ3v) is 3.51. The second-order valence-electron chi connectivity index (χ2n) is 4.91. The zero-order valence-electron chi connectivity index (χ0n) is 11.2. The van der Waals surface area contributed by atoms with Crippen molar-refractivity contribution in [3.63, 3.8) is 0 Å². The van der Waals surface area contributed by atoms with Crippen LogP contribution in [0.3, 0.4) is 0 Å². The zero-order valence-corrected chi connectivity index (χ0v) is 11.2. The normalized spacial score (nSPS) is 15.3. The summed E-state index contributed by atoms with van der Waals surface area (Å²) in [6.45, 7) is 0.219. The van der Waals surface area contributed by atoms with Gasteiger partial charge in [0.1, 0.15) is 0 Å². The van der Waals surface area contributed by atoms with Crippen molar-refractivity contribution in [3.8, 4) is 0 Å². The fourth-order valence-corrected chi connectivity index (χ4v) is 2.51. The summed E-state index contributed by atoms with van der Waals surface area (Å²) < 4.78 is 4.30. The molecule has 1 aromatic carbocycles. The first-order valence-electron chi connectivity index (χ1n) is 6.42. The van der Waals surface area contributed by atoms with Crippen LogP contribution in [0, 0.1) is 0 Å². The molecule has 0 saturated carbocycles. The summed E-state index contributed by atoms with van der Waals surface area (Å²) in [5, 5.41) is 3.32.